The lowest BCUT2D eigenvalue weighted by Crippen LogP contribution is -2.85. The van der Waals surface area contributed by atoms with Gasteiger partial charge < -0.3 is 5.11 Å². The summed E-state index contributed by atoms with van der Waals surface area (Å²) in [6.45, 7) is 6.88. The number of hydrogen-bond acceptors (Lipinski definition) is 3. The Labute approximate surface area is 143 Å². The third-order valence-corrected chi connectivity index (χ3v) is 6.89. The molecule has 2 aromatic carbocycles. The first-order chi connectivity index (χ1) is 11.6. The minimum Gasteiger partial charge on any atom is -0.388 e. The van der Waals surface area contributed by atoms with Gasteiger partial charge in [-0.2, -0.15) is 0 Å². The summed E-state index contributed by atoms with van der Waals surface area (Å²) >= 11 is 0. The van der Waals surface area contributed by atoms with E-state index in [0.717, 1.165) is 32.8 Å². The summed E-state index contributed by atoms with van der Waals surface area (Å²) in [7, 11) is 0. The average molecular weight is 320 g/mol. The van der Waals surface area contributed by atoms with E-state index in [-0.39, 0.29) is 10.8 Å². The first-order valence-corrected chi connectivity index (χ1v) is 8.86. The number of benzene rings is 2. The van der Waals surface area contributed by atoms with E-state index in [0.29, 0.717) is 0 Å². The third-order valence-electron chi connectivity index (χ3n) is 6.89. The van der Waals surface area contributed by atoms with Crippen molar-refractivity contribution in [1.82, 2.24) is 9.80 Å². The SMILES string of the molecule is CC1(O)C2(c3ccccc3)CN3CN(C2)CC1(c1ccccc1)C3. The molecule has 1 N–H and O–H groups in total. The highest BCUT2D eigenvalue weighted by atomic mass is 16.3. The first kappa shape index (κ1) is 14.6. The van der Waals surface area contributed by atoms with E-state index in [1.807, 2.05) is 0 Å². The molecular formula is C21H24N2O. The van der Waals surface area contributed by atoms with Gasteiger partial charge in [0.05, 0.1) is 23.1 Å². The summed E-state index contributed by atoms with van der Waals surface area (Å²) in [4.78, 5) is 5.07. The highest BCUT2D eigenvalue weighted by molar-refractivity contribution is 5.45. The second-order valence-corrected chi connectivity index (χ2v) is 8.08. The zero-order valence-corrected chi connectivity index (χ0v) is 14.2. The van der Waals surface area contributed by atoms with Gasteiger partial charge >= 0.3 is 0 Å². The predicted octanol–water partition coefficient (Wildman–Crippen LogP) is 2.22. The van der Waals surface area contributed by atoms with Gasteiger partial charge in [-0.25, -0.2) is 0 Å². The monoisotopic (exact) mass is 320 g/mol. The smallest absolute Gasteiger partial charge is 0.0861 e. The van der Waals surface area contributed by atoms with Gasteiger partial charge in [0.2, 0.25) is 0 Å². The molecule has 0 aromatic heterocycles. The standard InChI is InChI=1S/C21H24N2O/c1-19(24)20(17-8-4-2-5-9-17)12-22-14-21(19,15-23(13-20)16-22)18-10-6-3-7-11-18/h2-11,24H,12-16H2,1H3. The van der Waals surface area contributed by atoms with Crippen LogP contribution >= 0.6 is 0 Å². The summed E-state index contributed by atoms with van der Waals surface area (Å²) in [6, 6.07) is 21.3. The Balaban J connectivity index is 1.74. The molecule has 0 radical (unpaired) electrons. The van der Waals surface area contributed by atoms with Crippen molar-refractivity contribution in [2.24, 2.45) is 0 Å². The Morgan fingerprint density at radius 2 is 1.08 bits per heavy atom. The molecule has 0 unspecified atom stereocenters. The summed E-state index contributed by atoms with van der Waals surface area (Å²) in [6.07, 6.45) is 0. The lowest BCUT2D eigenvalue weighted by atomic mass is 9.48. The van der Waals surface area contributed by atoms with E-state index < -0.39 is 5.60 Å². The second-order valence-electron chi connectivity index (χ2n) is 8.08. The molecule has 4 saturated heterocycles. The van der Waals surface area contributed by atoms with Crippen molar-refractivity contribution < 1.29 is 5.11 Å². The van der Waals surface area contributed by atoms with Crippen LogP contribution in [0.5, 0.6) is 0 Å². The van der Waals surface area contributed by atoms with Crippen molar-refractivity contribution in [3.8, 4) is 0 Å². The van der Waals surface area contributed by atoms with Gasteiger partial charge in [0.1, 0.15) is 0 Å². The molecule has 4 aliphatic heterocycles. The Hall–Kier alpha value is -1.68. The van der Waals surface area contributed by atoms with Gasteiger partial charge in [-0.3, -0.25) is 9.80 Å². The molecule has 4 bridgehead atoms. The van der Waals surface area contributed by atoms with Crippen LogP contribution in [-0.2, 0) is 10.8 Å². The van der Waals surface area contributed by atoms with Crippen LogP contribution in [-0.4, -0.2) is 53.4 Å². The molecule has 2 aromatic rings. The zero-order chi connectivity index (χ0) is 16.4. The van der Waals surface area contributed by atoms with Gasteiger partial charge in [-0.05, 0) is 18.1 Å². The number of piperidine rings is 2. The predicted molar refractivity (Wildman–Crippen MR) is 94.9 cm³/mol. The minimum atomic E-state index is -0.782. The van der Waals surface area contributed by atoms with E-state index in [1.165, 1.54) is 11.1 Å². The number of hydrogen-bond donors (Lipinski definition) is 1. The van der Waals surface area contributed by atoms with Crippen LogP contribution in [0.3, 0.4) is 0 Å². The van der Waals surface area contributed by atoms with Crippen LogP contribution in [0.2, 0.25) is 0 Å². The Bertz CT molecular complexity index is 680. The van der Waals surface area contributed by atoms with E-state index in [4.69, 9.17) is 0 Å². The summed E-state index contributed by atoms with van der Waals surface area (Å²) < 4.78 is 0. The van der Waals surface area contributed by atoms with E-state index in [1.54, 1.807) is 0 Å². The van der Waals surface area contributed by atoms with Crippen LogP contribution in [0, 0.1) is 0 Å². The lowest BCUT2D eigenvalue weighted by molar-refractivity contribution is -0.228. The Morgan fingerprint density at radius 1 is 0.708 bits per heavy atom. The van der Waals surface area contributed by atoms with Gasteiger partial charge in [0.25, 0.3) is 0 Å². The van der Waals surface area contributed by atoms with Crippen LogP contribution < -0.4 is 0 Å². The van der Waals surface area contributed by atoms with E-state index in [9.17, 15) is 5.11 Å². The molecule has 24 heavy (non-hydrogen) atoms. The van der Waals surface area contributed by atoms with Crippen molar-refractivity contribution in [3.63, 3.8) is 0 Å². The summed E-state index contributed by atoms with van der Waals surface area (Å²) in [5.41, 5.74) is 1.28. The highest BCUT2D eigenvalue weighted by Gasteiger charge is 2.70. The molecule has 4 heterocycles. The lowest BCUT2D eigenvalue weighted by Gasteiger charge is -2.71. The Morgan fingerprint density at radius 3 is 1.46 bits per heavy atom. The molecule has 4 fully saturated rings. The molecule has 6 rings (SSSR count). The van der Waals surface area contributed by atoms with E-state index >= 15 is 0 Å². The molecule has 4 aliphatic rings. The maximum Gasteiger partial charge on any atom is 0.0861 e. The molecule has 3 heteroatoms. The fourth-order valence-electron chi connectivity index (χ4n) is 5.74. The topological polar surface area (TPSA) is 26.7 Å². The Kier molecular flexibility index (Phi) is 2.86. The van der Waals surface area contributed by atoms with Crippen LogP contribution in [0.25, 0.3) is 0 Å². The first-order valence-electron chi connectivity index (χ1n) is 8.86. The number of nitrogens with zero attached hydrogens (tertiary/aromatic N) is 2. The van der Waals surface area contributed by atoms with Crippen molar-refractivity contribution in [3.05, 3.63) is 71.8 Å². The molecule has 0 amide bonds. The van der Waals surface area contributed by atoms with Crippen molar-refractivity contribution in [1.29, 1.82) is 0 Å². The van der Waals surface area contributed by atoms with Gasteiger partial charge in [-0.1, -0.05) is 60.7 Å². The average Bonchev–Trinajstić information content (AvgIpc) is 2.61. The zero-order valence-electron chi connectivity index (χ0n) is 14.2. The number of aliphatic hydroxyl groups is 1. The van der Waals surface area contributed by atoms with Crippen LogP contribution in [0.4, 0.5) is 0 Å². The second kappa shape index (κ2) is 4.69. The van der Waals surface area contributed by atoms with Crippen LogP contribution in [0.15, 0.2) is 60.7 Å². The van der Waals surface area contributed by atoms with Gasteiger partial charge in [-0.15, -0.1) is 0 Å². The maximum atomic E-state index is 12.0. The molecule has 0 spiro atoms. The molecular weight excluding hydrogens is 296 g/mol. The molecule has 3 nitrogen and oxygen atoms in total. The van der Waals surface area contributed by atoms with Gasteiger partial charge in [0, 0.05) is 26.2 Å². The molecule has 0 atom stereocenters. The molecule has 0 aliphatic carbocycles. The maximum absolute atomic E-state index is 12.0. The fourth-order valence-corrected chi connectivity index (χ4v) is 5.74. The van der Waals surface area contributed by atoms with Gasteiger partial charge in [0.15, 0.2) is 0 Å². The largest absolute Gasteiger partial charge is 0.388 e. The minimum absolute atomic E-state index is 0.237. The van der Waals surface area contributed by atoms with Crippen molar-refractivity contribution in [2.45, 2.75) is 23.4 Å². The summed E-state index contributed by atoms with van der Waals surface area (Å²) in [5, 5.41) is 12.0. The molecule has 124 valence electrons. The third kappa shape index (κ3) is 1.62. The normalized spacial score (nSPS) is 43.1. The summed E-state index contributed by atoms with van der Waals surface area (Å²) in [5.74, 6) is 0. The van der Waals surface area contributed by atoms with Crippen molar-refractivity contribution in [2.75, 3.05) is 32.8 Å². The molecule has 0 saturated carbocycles. The number of rotatable bonds is 2. The van der Waals surface area contributed by atoms with E-state index in [2.05, 4.69) is 77.4 Å². The highest BCUT2D eigenvalue weighted by Crippen LogP contribution is 2.57. The quantitative estimate of drug-likeness (QED) is 0.919. The van der Waals surface area contributed by atoms with Crippen LogP contribution in [0.1, 0.15) is 18.1 Å². The fraction of sp³-hybridized carbons (Fsp3) is 0.429. The van der Waals surface area contributed by atoms with Crippen molar-refractivity contribution >= 4 is 0 Å².